The van der Waals surface area contributed by atoms with Gasteiger partial charge in [-0.25, -0.2) is 9.98 Å². The second kappa shape index (κ2) is 9.73. The average Bonchev–Trinajstić information content (AvgIpc) is 3.10. The molecule has 0 saturated carbocycles. The fourth-order valence-electron chi connectivity index (χ4n) is 2.85. The molecular formula is C20H29IN4OS. The van der Waals surface area contributed by atoms with Gasteiger partial charge in [0.25, 0.3) is 0 Å². The lowest BCUT2D eigenvalue weighted by Gasteiger charge is -2.28. The van der Waals surface area contributed by atoms with Crippen molar-refractivity contribution < 1.29 is 4.74 Å². The molecule has 0 aliphatic carbocycles. The topological polar surface area (TPSA) is 58.5 Å². The van der Waals surface area contributed by atoms with Crippen molar-refractivity contribution in [3.05, 3.63) is 45.9 Å². The van der Waals surface area contributed by atoms with Gasteiger partial charge in [0.15, 0.2) is 5.96 Å². The van der Waals surface area contributed by atoms with Gasteiger partial charge in [-0.2, -0.15) is 0 Å². The summed E-state index contributed by atoms with van der Waals surface area (Å²) in [6, 6.07) is 8.41. The normalized spacial score (nSPS) is 16.7. The van der Waals surface area contributed by atoms with E-state index >= 15 is 0 Å². The summed E-state index contributed by atoms with van der Waals surface area (Å²) in [5.74, 6) is 1.78. The van der Waals surface area contributed by atoms with Gasteiger partial charge in [-0.05, 0) is 13.0 Å². The molecular weight excluding hydrogens is 471 g/mol. The highest BCUT2D eigenvalue weighted by atomic mass is 127. The van der Waals surface area contributed by atoms with Crippen LogP contribution in [0.15, 0.2) is 34.6 Å². The molecule has 2 heterocycles. The Kier molecular flexibility index (Phi) is 7.91. The summed E-state index contributed by atoms with van der Waals surface area (Å²) < 4.78 is 5.75. The van der Waals surface area contributed by atoms with Crippen LogP contribution in [-0.4, -0.2) is 24.1 Å². The molecule has 0 radical (unpaired) electrons. The number of fused-ring (bicyclic) bond motifs is 1. The summed E-state index contributed by atoms with van der Waals surface area (Å²) in [4.78, 5) is 9.48. The van der Waals surface area contributed by atoms with Crippen LogP contribution in [0.3, 0.4) is 0 Å². The van der Waals surface area contributed by atoms with Crippen molar-refractivity contribution in [1.82, 2.24) is 15.6 Å². The number of para-hydroxylation sites is 1. The quantitative estimate of drug-likeness (QED) is 0.365. The third-order valence-corrected chi connectivity index (χ3v) is 5.14. The highest BCUT2D eigenvalue weighted by Gasteiger charge is 2.22. The molecule has 5 nitrogen and oxygen atoms in total. The van der Waals surface area contributed by atoms with Gasteiger partial charge >= 0.3 is 0 Å². The summed E-state index contributed by atoms with van der Waals surface area (Å²) in [6.45, 7) is 10.8. The highest BCUT2D eigenvalue weighted by Crippen LogP contribution is 2.31. The van der Waals surface area contributed by atoms with Crippen LogP contribution < -0.4 is 15.4 Å². The molecule has 0 saturated heterocycles. The van der Waals surface area contributed by atoms with Crippen LogP contribution in [0.2, 0.25) is 0 Å². The van der Waals surface area contributed by atoms with Crippen molar-refractivity contribution in [3.8, 4) is 5.75 Å². The number of guanidine groups is 1. The van der Waals surface area contributed by atoms with Gasteiger partial charge < -0.3 is 15.4 Å². The predicted octanol–water partition coefficient (Wildman–Crippen LogP) is 4.64. The van der Waals surface area contributed by atoms with Crippen LogP contribution in [0.1, 0.15) is 56.4 Å². The second-order valence-electron chi connectivity index (χ2n) is 7.44. The van der Waals surface area contributed by atoms with Gasteiger partial charge in [0.05, 0.1) is 24.9 Å². The molecule has 0 bridgehead atoms. The molecule has 2 N–H and O–H groups in total. The van der Waals surface area contributed by atoms with Crippen LogP contribution >= 0.6 is 35.3 Å². The smallest absolute Gasteiger partial charge is 0.192 e. The number of hydrogen-bond donors (Lipinski definition) is 2. The zero-order chi connectivity index (χ0) is 18.6. The van der Waals surface area contributed by atoms with E-state index in [0.717, 1.165) is 42.0 Å². The molecule has 1 aliphatic heterocycles. The Morgan fingerprint density at radius 3 is 2.81 bits per heavy atom. The van der Waals surface area contributed by atoms with Crippen LogP contribution in [0.25, 0.3) is 0 Å². The number of aromatic nitrogens is 1. The summed E-state index contributed by atoms with van der Waals surface area (Å²) in [5, 5.41) is 10.1. The van der Waals surface area contributed by atoms with Crippen molar-refractivity contribution in [3.63, 3.8) is 0 Å². The number of rotatable bonds is 4. The third kappa shape index (κ3) is 5.81. The van der Waals surface area contributed by atoms with Crippen molar-refractivity contribution in [2.75, 3.05) is 13.2 Å². The van der Waals surface area contributed by atoms with E-state index < -0.39 is 0 Å². The number of nitrogens with zero attached hydrogens (tertiary/aromatic N) is 2. The first-order chi connectivity index (χ1) is 12.5. The van der Waals surface area contributed by atoms with Crippen molar-refractivity contribution >= 4 is 41.3 Å². The summed E-state index contributed by atoms with van der Waals surface area (Å²) in [7, 11) is 0. The molecule has 7 heteroatoms. The van der Waals surface area contributed by atoms with Gasteiger partial charge in [-0.15, -0.1) is 35.3 Å². The van der Waals surface area contributed by atoms with E-state index in [1.54, 1.807) is 11.3 Å². The van der Waals surface area contributed by atoms with Crippen molar-refractivity contribution in [2.24, 2.45) is 4.99 Å². The standard InChI is InChI=1S/C20H28N4OS.HI/c1-5-21-19(22-12-18-24-17(13-26-18)20(2,3)4)23-15-10-11-25-16-9-7-6-8-14(15)16;/h6-9,13,15H,5,10-12H2,1-4H3,(H2,21,22,23);1H. The first-order valence-electron chi connectivity index (χ1n) is 9.19. The van der Waals surface area contributed by atoms with Crippen molar-refractivity contribution in [2.45, 2.75) is 52.1 Å². The van der Waals surface area contributed by atoms with Crippen LogP contribution in [0, 0.1) is 0 Å². The Balaban J connectivity index is 0.00000261. The number of benzene rings is 1. The minimum Gasteiger partial charge on any atom is -0.493 e. The molecule has 1 atom stereocenters. The minimum absolute atomic E-state index is 0. The fourth-order valence-corrected chi connectivity index (χ4v) is 3.80. The zero-order valence-electron chi connectivity index (χ0n) is 16.4. The first kappa shape index (κ1) is 21.9. The summed E-state index contributed by atoms with van der Waals surface area (Å²) >= 11 is 1.68. The maximum atomic E-state index is 5.75. The van der Waals surface area contributed by atoms with Gasteiger partial charge in [0, 0.05) is 29.3 Å². The molecule has 1 aromatic heterocycles. The lowest BCUT2D eigenvalue weighted by Crippen LogP contribution is -2.41. The van der Waals surface area contributed by atoms with E-state index in [-0.39, 0.29) is 35.4 Å². The Bertz CT molecular complexity index is 769. The lowest BCUT2D eigenvalue weighted by atomic mass is 9.93. The number of hydrogen-bond acceptors (Lipinski definition) is 4. The molecule has 0 spiro atoms. The maximum Gasteiger partial charge on any atom is 0.192 e. The monoisotopic (exact) mass is 500 g/mol. The fraction of sp³-hybridized carbons (Fsp3) is 0.500. The van der Waals surface area contributed by atoms with Gasteiger partial charge in [0.1, 0.15) is 10.8 Å². The molecule has 3 rings (SSSR count). The summed E-state index contributed by atoms with van der Waals surface area (Å²) in [5.41, 5.74) is 2.39. The second-order valence-corrected chi connectivity index (χ2v) is 8.39. The number of nitrogens with one attached hydrogen (secondary N) is 2. The van der Waals surface area contributed by atoms with Gasteiger partial charge in [-0.3, -0.25) is 0 Å². The molecule has 2 aromatic rings. The number of thiazole rings is 1. The van der Waals surface area contributed by atoms with E-state index in [9.17, 15) is 0 Å². The Morgan fingerprint density at radius 1 is 1.33 bits per heavy atom. The molecule has 1 aromatic carbocycles. The van der Waals surface area contributed by atoms with Crippen LogP contribution in [0.4, 0.5) is 0 Å². The number of ether oxygens (including phenoxy) is 1. The van der Waals surface area contributed by atoms with Crippen LogP contribution in [-0.2, 0) is 12.0 Å². The highest BCUT2D eigenvalue weighted by molar-refractivity contribution is 14.0. The van der Waals surface area contributed by atoms with E-state index in [4.69, 9.17) is 14.7 Å². The minimum atomic E-state index is 0. The molecule has 0 fully saturated rings. The first-order valence-corrected chi connectivity index (χ1v) is 10.1. The Labute approximate surface area is 183 Å². The largest absolute Gasteiger partial charge is 0.493 e. The number of halogens is 1. The molecule has 148 valence electrons. The van der Waals surface area contributed by atoms with E-state index in [1.807, 2.05) is 12.1 Å². The van der Waals surface area contributed by atoms with E-state index in [0.29, 0.717) is 6.54 Å². The molecule has 1 aliphatic rings. The predicted molar refractivity (Wildman–Crippen MR) is 123 cm³/mol. The Hall–Kier alpha value is -1.35. The SMILES string of the molecule is CCNC(=NCc1nc(C(C)(C)C)cs1)NC1CCOc2ccccc21.I. The van der Waals surface area contributed by atoms with Gasteiger partial charge in [0.2, 0.25) is 0 Å². The van der Waals surface area contributed by atoms with Crippen LogP contribution in [0.5, 0.6) is 5.75 Å². The number of aliphatic imine (C=N–C) groups is 1. The summed E-state index contributed by atoms with van der Waals surface area (Å²) in [6.07, 6.45) is 0.923. The molecule has 0 amide bonds. The van der Waals surface area contributed by atoms with Crippen molar-refractivity contribution in [1.29, 1.82) is 0 Å². The average molecular weight is 500 g/mol. The van der Waals surface area contributed by atoms with Gasteiger partial charge in [-0.1, -0.05) is 39.0 Å². The Morgan fingerprint density at radius 2 is 2.11 bits per heavy atom. The lowest BCUT2D eigenvalue weighted by molar-refractivity contribution is 0.261. The third-order valence-electron chi connectivity index (χ3n) is 4.31. The molecule has 27 heavy (non-hydrogen) atoms. The molecule has 1 unspecified atom stereocenters. The zero-order valence-corrected chi connectivity index (χ0v) is 19.6. The maximum absolute atomic E-state index is 5.75. The van der Waals surface area contributed by atoms with E-state index in [1.165, 1.54) is 5.56 Å². The van der Waals surface area contributed by atoms with E-state index in [2.05, 4.69) is 55.8 Å².